The van der Waals surface area contributed by atoms with Gasteiger partial charge in [-0.15, -0.1) is 0 Å². The first-order valence-corrected chi connectivity index (χ1v) is 6.43. The largest absolute Gasteiger partial charge is 0.388 e. The molecule has 0 aromatic carbocycles. The Kier molecular flexibility index (Phi) is 5.21. The lowest BCUT2D eigenvalue weighted by molar-refractivity contribution is 0.246. The molecular formula is C7H12O5S2. The van der Waals surface area contributed by atoms with Gasteiger partial charge in [-0.2, -0.15) is 0 Å². The van der Waals surface area contributed by atoms with E-state index >= 15 is 0 Å². The zero-order chi connectivity index (χ0) is 11.4. The van der Waals surface area contributed by atoms with Gasteiger partial charge in [-0.25, -0.2) is 12.6 Å². The van der Waals surface area contributed by atoms with Gasteiger partial charge in [0.2, 0.25) is 0 Å². The first-order valence-electron chi connectivity index (χ1n) is 3.61. The molecule has 0 radical (unpaired) electrons. The summed E-state index contributed by atoms with van der Waals surface area (Å²) in [4.78, 5) is 0.0109. The standard InChI is InChI=1S/C7H12O5S2/c1-3-14(11,12)5-7(8)4-6(2)13(9)10/h3-4,7-8H,1,5H2,2H3,(H,9,10). The lowest BCUT2D eigenvalue weighted by Crippen LogP contribution is -2.17. The van der Waals surface area contributed by atoms with Crippen molar-refractivity contribution >= 4 is 20.9 Å². The highest BCUT2D eigenvalue weighted by atomic mass is 32.2. The molecule has 2 N–H and O–H groups in total. The van der Waals surface area contributed by atoms with Crippen LogP contribution in [0.4, 0.5) is 0 Å². The van der Waals surface area contributed by atoms with Crippen molar-refractivity contribution in [1.29, 1.82) is 0 Å². The van der Waals surface area contributed by atoms with Crippen molar-refractivity contribution in [2.75, 3.05) is 5.75 Å². The van der Waals surface area contributed by atoms with Crippen molar-refractivity contribution in [2.24, 2.45) is 0 Å². The van der Waals surface area contributed by atoms with Crippen molar-refractivity contribution in [3.8, 4) is 0 Å². The summed E-state index contributed by atoms with van der Waals surface area (Å²) in [5, 5.41) is 9.92. The second-order valence-corrected chi connectivity index (χ2v) is 5.72. The molecule has 2 unspecified atom stereocenters. The first kappa shape index (κ1) is 13.5. The molecular weight excluding hydrogens is 228 g/mol. The summed E-state index contributed by atoms with van der Waals surface area (Å²) in [6.07, 6.45) is -0.272. The van der Waals surface area contributed by atoms with E-state index in [4.69, 9.17) is 4.55 Å². The molecule has 0 bridgehead atoms. The van der Waals surface area contributed by atoms with E-state index in [0.29, 0.717) is 0 Å². The third-order valence-corrected chi connectivity index (χ3v) is 3.36. The number of rotatable bonds is 5. The van der Waals surface area contributed by atoms with Crippen molar-refractivity contribution in [1.82, 2.24) is 0 Å². The van der Waals surface area contributed by atoms with Gasteiger partial charge in [-0.3, -0.25) is 0 Å². The Morgan fingerprint density at radius 2 is 2.14 bits per heavy atom. The number of allylic oxidation sites excluding steroid dienone is 1. The quantitative estimate of drug-likeness (QED) is 0.661. The fourth-order valence-electron chi connectivity index (χ4n) is 0.683. The van der Waals surface area contributed by atoms with E-state index < -0.39 is 32.8 Å². The topological polar surface area (TPSA) is 91.7 Å². The zero-order valence-corrected chi connectivity index (χ0v) is 9.21. The zero-order valence-electron chi connectivity index (χ0n) is 7.58. The molecule has 0 aromatic rings. The van der Waals surface area contributed by atoms with Crippen LogP contribution in [-0.2, 0) is 20.9 Å². The van der Waals surface area contributed by atoms with Gasteiger partial charge in [0.1, 0.15) is 0 Å². The van der Waals surface area contributed by atoms with Gasteiger partial charge in [0.15, 0.2) is 20.9 Å². The summed E-state index contributed by atoms with van der Waals surface area (Å²) in [6, 6.07) is 0. The molecule has 0 rings (SSSR count). The smallest absolute Gasteiger partial charge is 0.181 e. The maximum Gasteiger partial charge on any atom is 0.181 e. The Hall–Kier alpha value is -0.500. The molecule has 82 valence electrons. The normalized spacial score (nSPS) is 17.5. The highest BCUT2D eigenvalue weighted by Gasteiger charge is 2.12. The molecule has 0 amide bonds. The maximum atomic E-state index is 10.9. The summed E-state index contributed by atoms with van der Waals surface area (Å²) in [6.45, 7) is 4.39. The van der Waals surface area contributed by atoms with Crippen molar-refractivity contribution in [3.05, 3.63) is 23.0 Å². The van der Waals surface area contributed by atoms with Crippen LogP contribution in [0.3, 0.4) is 0 Å². The molecule has 2 atom stereocenters. The Morgan fingerprint density at radius 1 is 1.64 bits per heavy atom. The summed E-state index contributed by atoms with van der Waals surface area (Å²) in [5.74, 6) is -0.537. The van der Waals surface area contributed by atoms with Crippen molar-refractivity contribution < 1.29 is 22.3 Å². The average molecular weight is 240 g/mol. The van der Waals surface area contributed by atoms with Crippen LogP contribution < -0.4 is 0 Å². The maximum absolute atomic E-state index is 10.9. The third kappa shape index (κ3) is 5.28. The average Bonchev–Trinajstić information content (AvgIpc) is 2.02. The second-order valence-electron chi connectivity index (χ2n) is 2.59. The third-order valence-electron chi connectivity index (χ3n) is 1.36. The van der Waals surface area contributed by atoms with Gasteiger partial charge in [0.25, 0.3) is 0 Å². The predicted octanol–water partition coefficient (Wildman–Crippen LogP) is 0.0311. The molecule has 5 nitrogen and oxygen atoms in total. The van der Waals surface area contributed by atoms with Crippen molar-refractivity contribution in [2.45, 2.75) is 13.0 Å². The van der Waals surface area contributed by atoms with Crippen LogP contribution in [0.1, 0.15) is 6.92 Å². The molecule has 0 saturated heterocycles. The van der Waals surface area contributed by atoms with E-state index in [0.717, 1.165) is 11.5 Å². The number of sulfone groups is 1. The second kappa shape index (κ2) is 5.40. The molecule has 7 heteroatoms. The molecule has 0 spiro atoms. The lowest BCUT2D eigenvalue weighted by Gasteiger charge is -2.04. The van der Waals surface area contributed by atoms with Gasteiger partial charge in [-0.1, -0.05) is 6.58 Å². The van der Waals surface area contributed by atoms with Crippen LogP contribution in [0.5, 0.6) is 0 Å². The van der Waals surface area contributed by atoms with E-state index in [2.05, 4.69) is 6.58 Å². The van der Waals surface area contributed by atoms with Crippen LogP contribution in [0, 0.1) is 0 Å². The first-order chi connectivity index (χ1) is 6.28. The predicted molar refractivity (Wildman–Crippen MR) is 54.5 cm³/mol. The fraction of sp³-hybridized carbons (Fsp3) is 0.429. The molecule has 0 saturated carbocycles. The van der Waals surface area contributed by atoms with Crippen LogP contribution >= 0.6 is 0 Å². The summed E-state index contributed by atoms with van der Waals surface area (Å²) < 4.78 is 40.8. The van der Waals surface area contributed by atoms with Gasteiger partial charge in [0.05, 0.1) is 11.9 Å². The monoisotopic (exact) mass is 240 g/mol. The Bertz CT molecular complexity index is 354. The summed E-state index contributed by atoms with van der Waals surface area (Å²) in [5.41, 5.74) is 0. The highest BCUT2D eigenvalue weighted by Crippen LogP contribution is 2.03. The fourth-order valence-corrected chi connectivity index (χ4v) is 1.67. The summed E-state index contributed by atoms with van der Waals surface area (Å²) >= 11 is -2.18. The van der Waals surface area contributed by atoms with E-state index in [9.17, 15) is 17.7 Å². The molecule has 0 heterocycles. The molecule has 14 heavy (non-hydrogen) atoms. The van der Waals surface area contributed by atoms with Gasteiger partial charge in [-0.05, 0) is 13.0 Å². The SMILES string of the molecule is C=CS(=O)(=O)CC(O)C=C(C)S(=O)O. The summed E-state index contributed by atoms with van der Waals surface area (Å²) in [7, 11) is -3.50. The van der Waals surface area contributed by atoms with E-state index in [1.165, 1.54) is 6.92 Å². The molecule has 0 aliphatic rings. The number of hydrogen-bond acceptors (Lipinski definition) is 4. The molecule has 0 aliphatic carbocycles. The van der Waals surface area contributed by atoms with E-state index in [1.54, 1.807) is 0 Å². The Labute approximate surface area is 85.3 Å². The Morgan fingerprint density at radius 3 is 2.50 bits per heavy atom. The van der Waals surface area contributed by atoms with Gasteiger partial charge >= 0.3 is 0 Å². The van der Waals surface area contributed by atoms with Gasteiger partial charge < -0.3 is 9.66 Å². The molecule has 0 aromatic heterocycles. The minimum atomic E-state index is -3.50. The van der Waals surface area contributed by atoms with Crippen LogP contribution in [0.25, 0.3) is 0 Å². The molecule has 0 aliphatic heterocycles. The highest BCUT2D eigenvalue weighted by molar-refractivity contribution is 7.94. The number of hydrogen-bond donors (Lipinski definition) is 2. The number of aliphatic hydroxyl groups excluding tert-OH is 1. The number of aliphatic hydroxyl groups is 1. The van der Waals surface area contributed by atoms with Crippen molar-refractivity contribution in [3.63, 3.8) is 0 Å². The van der Waals surface area contributed by atoms with Crippen LogP contribution in [0.2, 0.25) is 0 Å². The Balaban J connectivity index is 4.53. The van der Waals surface area contributed by atoms with Gasteiger partial charge in [0, 0.05) is 10.3 Å². The van der Waals surface area contributed by atoms with E-state index in [1.807, 2.05) is 0 Å². The molecule has 0 fully saturated rings. The minimum Gasteiger partial charge on any atom is -0.388 e. The van der Waals surface area contributed by atoms with Crippen LogP contribution in [0.15, 0.2) is 23.0 Å². The minimum absolute atomic E-state index is 0.0109. The van der Waals surface area contributed by atoms with E-state index in [-0.39, 0.29) is 4.91 Å². The lowest BCUT2D eigenvalue weighted by atomic mass is 10.4. The van der Waals surface area contributed by atoms with Crippen LogP contribution in [-0.4, -0.2) is 34.1 Å².